The van der Waals surface area contributed by atoms with Gasteiger partial charge in [0.2, 0.25) is 5.91 Å². The number of nitrogens with one attached hydrogen (secondary N) is 1. The fraction of sp³-hybridized carbons (Fsp3) is 0.364. The minimum atomic E-state index is -0.243. The molecule has 2 heterocycles. The van der Waals surface area contributed by atoms with E-state index < -0.39 is 0 Å². The number of rotatable bonds is 1. The van der Waals surface area contributed by atoms with Gasteiger partial charge in [0, 0.05) is 31.2 Å². The van der Waals surface area contributed by atoms with Crippen molar-refractivity contribution < 1.29 is 9.59 Å². The number of hydrogen-bond acceptors (Lipinski definition) is 4. The number of anilines is 1. The van der Waals surface area contributed by atoms with E-state index in [1.807, 2.05) is 0 Å². The van der Waals surface area contributed by atoms with Gasteiger partial charge in [-0.1, -0.05) is 0 Å². The van der Waals surface area contributed by atoms with Gasteiger partial charge >= 0.3 is 0 Å². The van der Waals surface area contributed by atoms with Crippen LogP contribution < -0.4 is 11.1 Å². The summed E-state index contributed by atoms with van der Waals surface area (Å²) in [5.74, 6) is -0.383. The van der Waals surface area contributed by atoms with Crippen molar-refractivity contribution in [2.45, 2.75) is 6.42 Å². The minimum absolute atomic E-state index is 0.0766. The van der Waals surface area contributed by atoms with Crippen molar-refractivity contribution >= 4 is 17.5 Å². The molecule has 6 heteroatoms. The fourth-order valence-electron chi connectivity index (χ4n) is 1.73. The number of nitrogen functional groups attached to an aromatic ring is 1. The number of amides is 2. The maximum Gasteiger partial charge on any atom is 0.257 e. The molecular weight excluding hydrogens is 220 g/mol. The van der Waals surface area contributed by atoms with Gasteiger partial charge in [-0.05, 0) is 12.5 Å². The van der Waals surface area contributed by atoms with Gasteiger partial charge in [0.1, 0.15) is 0 Å². The lowest BCUT2D eigenvalue weighted by atomic mass is 10.2. The number of carbonyl (C=O) groups excluding carboxylic acids is 2. The Morgan fingerprint density at radius 2 is 2.35 bits per heavy atom. The number of carbonyl (C=O) groups is 2. The molecule has 1 aliphatic rings. The highest BCUT2D eigenvalue weighted by Gasteiger charge is 2.22. The summed E-state index contributed by atoms with van der Waals surface area (Å²) in [6.07, 6.45) is 3.71. The number of nitrogens with two attached hydrogens (primary N) is 1. The van der Waals surface area contributed by atoms with Crippen LogP contribution >= 0.6 is 0 Å². The predicted molar refractivity (Wildman–Crippen MR) is 62.2 cm³/mol. The highest BCUT2D eigenvalue weighted by molar-refractivity contribution is 6.00. The van der Waals surface area contributed by atoms with Crippen molar-refractivity contribution in [1.29, 1.82) is 0 Å². The lowest BCUT2D eigenvalue weighted by Crippen LogP contribution is -2.37. The summed E-state index contributed by atoms with van der Waals surface area (Å²) in [5.41, 5.74) is 6.45. The first kappa shape index (κ1) is 11.4. The van der Waals surface area contributed by atoms with Gasteiger partial charge in [-0.15, -0.1) is 0 Å². The quantitative estimate of drug-likeness (QED) is 0.693. The normalized spacial score (nSPS) is 16.2. The van der Waals surface area contributed by atoms with E-state index in [0.29, 0.717) is 24.3 Å². The highest BCUT2D eigenvalue weighted by Crippen LogP contribution is 2.12. The molecule has 1 aliphatic heterocycles. The first-order chi connectivity index (χ1) is 8.18. The van der Waals surface area contributed by atoms with Gasteiger partial charge in [-0.3, -0.25) is 14.6 Å². The first-order valence-electron chi connectivity index (χ1n) is 5.44. The summed E-state index contributed by atoms with van der Waals surface area (Å²) in [7, 11) is 0. The summed E-state index contributed by atoms with van der Waals surface area (Å²) >= 11 is 0. The molecule has 1 saturated heterocycles. The molecular formula is C11H14N4O2. The van der Waals surface area contributed by atoms with Crippen LogP contribution in [0, 0.1) is 0 Å². The molecule has 0 unspecified atom stereocenters. The summed E-state index contributed by atoms with van der Waals surface area (Å²) in [6, 6.07) is 1.57. The molecule has 3 N–H and O–H groups in total. The van der Waals surface area contributed by atoms with Gasteiger partial charge in [-0.2, -0.15) is 0 Å². The fourth-order valence-corrected chi connectivity index (χ4v) is 1.73. The zero-order valence-corrected chi connectivity index (χ0v) is 9.35. The van der Waals surface area contributed by atoms with Gasteiger partial charge < -0.3 is 16.0 Å². The second kappa shape index (κ2) is 4.82. The Hall–Kier alpha value is -2.11. The van der Waals surface area contributed by atoms with Crippen molar-refractivity contribution in [2.75, 3.05) is 25.4 Å². The number of hydrogen-bond donors (Lipinski definition) is 2. The maximum atomic E-state index is 12.1. The summed E-state index contributed by atoms with van der Waals surface area (Å²) in [6.45, 7) is 1.23. The Labute approximate surface area is 98.8 Å². The van der Waals surface area contributed by atoms with Gasteiger partial charge in [0.05, 0.1) is 12.1 Å². The molecule has 2 amide bonds. The molecule has 0 bridgehead atoms. The molecule has 0 saturated carbocycles. The van der Waals surface area contributed by atoms with Crippen LogP contribution in [0.5, 0.6) is 0 Å². The smallest absolute Gasteiger partial charge is 0.257 e. The average molecular weight is 234 g/mol. The second-order valence-corrected chi connectivity index (χ2v) is 3.89. The van der Waals surface area contributed by atoms with Crippen LogP contribution in [0.15, 0.2) is 18.5 Å². The van der Waals surface area contributed by atoms with Crippen molar-refractivity contribution in [3.8, 4) is 0 Å². The summed E-state index contributed by atoms with van der Waals surface area (Å²) in [4.78, 5) is 28.9. The third kappa shape index (κ3) is 2.52. The topological polar surface area (TPSA) is 88.3 Å². The average Bonchev–Trinajstić information content (AvgIpc) is 2.54. The van der Waals surface area contributed by atoms with E-state index in [9.17, 15) is 9.59 Å². The Kier molecular flexibility index (Phi) is 3.22. The lowest BCUT2D eigenvalue weighted by Gasteiger charge is -2.19. The number of pyridine rings is 1. The third-order valence-corrected chi connectivity index (χ3v) is 2.63. The third-order valence-electron chi connectivity index (χ3n) is 2.63. The first-order valence-corrected chi connectivity index (χ1v) is 5.44. The van der Waals surface area contributed by atoms with E-state index in [0.717, 1.165) is 6.42 Å². The zero-order valence-electron chi connectivity index (χ0n) is 9.35. The Morgan fingerprint density at radius 1 is 1.53 bits per heavy atom. The molecule has 0 aromatic carbocycles. The minimum Gasteiger partial charge on any atom is -0.398 e. The SMILES string of the molecule is Nc1ccncc1C(=O)N1CCCNC(=O)C1. The molecule has 1 fully saturated rings. The van der Waals surface area contributed by atoms with Crippen molar-refractivity contribution in [3.05, 3.63) is 24.0 Å². The molecule has 1 aromatic heterocycles. The molecule has 0 spiro atoms. The van der Waals surface area contributed by atoms with E-state index >= 15 is 0 Å². The molecule has 17 heavy (non-hydrogen) atoms. The maximum absolute atomic E-state index is 12.1. The lowest BCUT2D eigenvalue weighted by molar-refractivity contribution is -0.121. The molecule has 1 aromatic rings. The molecule has 0 aliphatic carbocycles. The highest BCUT2D eigenvalue weighted by atomic mass is 16.2. The molecule has 90 valence electrons. The van der Waals surface area contributed by atoms with E-state index in [4.69, 9.17) is 5.73 Å². The monoisotopic (exact) mass is 234 g/mol. The van der Waals surface area contributed by atoms with Gasteiger partial charge in [0.25, 0.3) is 5.91 Å². The van der Waals surface area contributed by atoms with Crippen molar-refractivity contribution in [3.63, 3.8) is 0 Å². The van der Waals surface area contributed by atoms with E-state index in [-0.39, 0.29) is 18.4 Å². The predicted octanol–water partition coefficient (Wildman–Crippen LogP) is -0.374. The Bertz CT molecular complexity index is 447. The van der Waals surface area contributed by atoms with Crippen molar-refractivity contribution in [2.24, 2.45) is 0 Å². The van der Waals surface area contributed by atoms with Crippen LogP contribution in [0.2, 0.25) is 0 Å². The standard InChI is InChI=1S/C11H14N4O2/c12-9-2-4-13-6-8(9)11(17)15-5-1-3-14-10(16)7-15/h2,4,6H,1,3,5,7H2,(H2,12,13)(H,14,16). The largest absolute Gasteiger partial charge is 0.398 e. The van der Waals surface area contributed by atoms with E-state index in [1.54, 1.807) is 6.07 Å². The van der Waals surface area contributed by atoms with Gasteiger partial charge in [-0.25, -0.2) is 0 Å². The van der Waals surface area contributed by atoms with Crippen LogP contribution in [-0.2, 0) is 4.79 Å². The van der Waals surface area contributed by atoms with Crippen LogP contribution in [0.25, 0.3) is 0 Å². The van der Waals surface area contributed by atoms with Crippen LogP contribution in [0.1, 0.15) is 16.8 Å². The number of aromatic nitrogens is 1. The zero-order chi connectivity index (χ0) is 12.3. The second-order valence-electron chi connectivity index (χ2n) is 3.89. The van der Waals surface area contributed by atoms with E-state index in [2.05, 4.69) is 10.3 Å². The van der Waals surface area contributed by atoms with Crippen molar-refractivity contribution in [1.82, 2.24) is 15.2 Å². The Morgan fingerprint density at radius 3 is 3.12 bits per heavy atom. The van der Waals surface area contributed by atoms with Crippen LogP contribution in [0.4, 0.5) is 5.69 Å². The van der Waals surface area contributed by atoms with E-state index in [1.165, 1.54) is 17.3 Å². The van der Waals surface area contributed by atoms with Gasteiger partial charge in [0.15, 0.2) is 0 Å². The molecule has 0 atom stereocenters. The Balaban J connectivity index is 2.19. The summed E-state index contributed by atoms with van der Waals surface area (Å²) in [5, 5.41) is 2.72. The molecule has 6 nitrogen and oxygen atoms in total. The molecule has 0 radical (unpaired) electrons. The van der Waals surface area contributed by atoms with Crippen LogP contribution in [-0.4, -0.2) is 41.3 Å². The summed E-state index contributed by atoms with van der Waals surface area (Å²) < 4.78 is 0. The molecule has 2 rings (SSSR count). The van der Waals surface area contributed by atoms with Crippen LogP contribution in [0.3, 0.4) is 0 Å². The number of nitrogens with zero attached hydrogens (tertiary/aromatic N) is 2.